The highest BCUT2D eigenvalue weighted by Gasteiger charge is 2.31. The lowest BCUT2D eigenvalue weighted by atomic mass is 9.96. The van der Waals surface area contributed by atoms with E-state index in [1.165, 1.54) is 0 Å². The second kappa shape index (κ2) is 2.73. The summed E-state index contributed by atoms with van der Waals surface area (Å²) >= 11 is 0. The lowest BCUT2D eigenvalue weighted by molar-refractivity contribution is 0.166. The maximum absolute atomic E-state index is 5.73. The Morgan fingerprint density at radius 1 is 1.54 bits per heavy atom. The minimum Gasteiger partial charge on any atom is -0.381 e. The Morgan fingerprint density at radius 2 is 2.23 bits per heavy atom. The van der Waals surface area contributed by atoms with E-state index >= 15 is 0 Å². The van der Waals surface area contributed by atoms with Gasteiger partial charge in [0, 0.05) is 18.5 Å². The highest BCUT2D eigenvalue weighted by Crippen LogP contribution is 2.34. The lowest BCUT2D eigenvalue weighted by Gasteiger charge is -2.34. The molecule has 1 aliphatic heterocycles. The summed E-state index contributed by atoms with van der Waals surface area (Å²) in [4.78, 5) is 2.29. The number of aromatic nitrogens is 1. The van der Waals surface area contributed by atoms with Gasteiger partial charge in [0.05, 0.1) is 5.56 Å². The molecule has 1 aromatic rings. The van der Waals surface area contributed by atoms with Crippen molar-refractivity contribution in [3.63, 3.8) is 0 Å². The Labute approximate surface area is 77.7 Å². The number of nitrogens with two attached hydrogens (primary N) is 1. The molecule has 0 radical (unpaired) electrons. The van der Waals surface area contributed by atoms with Crippen molar-refractivity contribution in [2.75, 3.05) is 12.8 Å². The molecule has 0 aliphatic carbocycles. The number of hydrogen-bond acceptors (Lipinski definition) is 4. The molecule has 0 aromatic carbocycles. The van der Waals surface area contributed by atoms with Crippen LogP contribution in [-0.2, 0) is 6.42 Å². The first-order valence-corrected chi connectivity index (χ1v) is 4.57. The summed E-state index contributed by atoms with van der Waals surface area (Å²) in [6.07, 6.45) is 0.903. The van der Waals surface area contributed by atoms with E-state index in [0.717, 1.165) is 17.7 Å². The molecular formula is C9H15N3O. The first kappa shape index (κ1) is 8.56. The van der Waals surface area contributed by atoms with E-state index in [0.29, 0.717) is 17.9 Å². The summed E-state index contributed by atoms with van der Waals surface area (Å²) in [5.74, 6) is 1.50. The molecule has 2 rings (SSSR count). The molecule has 0 bridgehead atoms. The van der Waals surface area contributed by atoms with Crippen molar-refractivity contribution < 1.29 is 4.52 Å². The molecule has 0 amide bonds. The van der Waals surface area contributed by atoms with E-state index in [9.17, 15) is 0 Å². The molecule has 2 heterocycles. The Balaban J connectivity index is 2.45. The van der Waals surface area contributed by atoms with E-state index in [4.69, 9.17) is 10.3 Å². The van der Waals surface area contributed by atoms with Crippen molar-refractivity contribution in [3.8, 4) is 0 Å². The van der Waals surface area contributed by atoms with E-state index < -0.39 is 0 Å². The SMILES string of the molecule is CC1Cc2onc(N)c2C(C)N1C. The van der Waals surface area contributed by atoms with Crippen LogP contribution in [0.4, 0.5) is 5.82 Å². The predicted molar refractivity (Wildman–Crippen MR) is 50.3 cm³/mol. The molecule has 4 heteroatoms. The average Bonchev–Trinajstić information content (AvgIpc) is 2.43. The van der Waals surface area contributed by atoms with Gasteiger partial charge in [-0.25, -0.2) is 0 Å². The van der Waals surface area contributed by atoms with E-state index in [1.54, 1.807) is 0 Å². The van der Waals surface area contributed by atoms with Gasteiger partial charge in [0.1, 0.15) is 5.76 Å². The summed E-state index contributed by atoms with van der Waals surface area (Å²) in [5.41, 5.74) is 6.80. The number of anilines is 1. The molecule has 2 atom stereocenters. The van der Waals surface area contributed by atoms with Gasteiger partial charge in [-0.15, -0.1) is 0 Å². The van der Waals surface area contributed by atoms with Crippen LogP contribution in [0.3, 0.4) is 0 Å². The zero-order chi connectivity index (χ0) is 9.59. The fourth-order valence-electron chi connectivity index (χ4n) is 1.94. The highest BCUT2D eigenvalue weighted by atomic mass is 16.5. The molecule has 0 saturated carbocycles. The van der Waals surface area contributed by atoms with Crippen molar-refractivity contribution in [1.29, 1.82) is 0 Å². The van der Waals surface area contributed by atoms with Crippen molar-refractivity contribution in [3.05, 3.63) is 11.3 Å². The van der Waals surface area contributed by atoms with Crippen LogP contribution >= 0.6 is 0 Å². The van der Waals surface area contributed by atoms with Gasteiger partial charge in [0.15, 0.2) is 5.82 Å². The maximum Gasteiger partial charge on any atom is 0.171 e. The third kappa shape index (κ3) is 1.13. The van der Waals surface area contributed by atoms with Crippen LogP contribution in [0.15, 0.2) is 4.52 Å². The van der Waals surface area contributed by atoms with Crippen LogP contribution in [0.2, 0.25) is 0 Å². The number of nitrogens with zero attached hydrogens (tertiary/aromatic N) is 2. The summed E-state index contributed by atoms with van der Waals surface area (Å²) in [7, 11) is 2.10. The van der Waals surface area contributed by atoms with Crippen LogP contribution in [-0.4, -0.2) is 23.1 Å². The van der Waals surface area contributed by atoms with Gasteiger partial charge in [-0.2, -0.15) is 0 Å². The standard InChI is InChI=1S/C9H15N3O/c1-5-4-7-8(6(2)12(5)3)9(10)11-13-7/h5-6H,4H2,1-3H3,(H2,10,11). The molecule has 1 aliphatic rings. The molecule has 0 saturated heterocycles. The van der Waals surface area contributed by atoms with Crippen LogP contribution in [0.25, 0.3) is 0 Å². The van der Waals surface area contributed by atoms with Crippen molar-refractivity contribution in [2.45, 2.75) is 32.4 Å². The van der Waals surface area contributed by atoms with E-state index in [2.05, 4.69) is 31.0 Å². The third-order valence-corrected chi connectivity index (χ3v) is 3.04. The number of rotatable bonds is 0. The van der Waals surface area contributed by atoms with Crippen LogP contribution in [0.1, 0.15) is 31.2 Å². The summed E-state index contributed by atoms with van der Waals surface area (Å²) in [6.45, 7) is 4.31. The molecule has 2 N–H and O–H groups in total. The summed E-state index contributed by atoms with van der Waals surface area (Å²) in [6, 6.07) is 0.805. The molecule has 13 heavy (non-hydrogen) atoms. The zero-order valence-electron chi connectivity index (χ0n) is 8.24. The fraction of sp³-hybridized carbons (Fsp3) is 0.667. The van der Waals surface area contributed by atoms with Crippen molar-refractivity contribution >= 4 is 5.82 Å². The smallest absolute Gasteiger partial charge is 0.171 e. The van der Waals surface area contributed by atoms with Gasteiger partial charge in [-0.1, -0.05) is 5.16 Å². The second-order valence-electron chi connectivity index (χ2n) is 3.80. The Kier molecular flexibility index (Phi) is 1.80. The second-order valence-corrected chi connectivity index (χ2v) is 3.80. The molecule has 72 valence electrons. The molecular weight excluding hydrogens is 166 g/mol. The summed E-state index contributed by atoms with van der Waals surface area (Å²) in [5, 5.41) is 3.79. The van der Waals surface area contributed by atoms with Crippen molar-refractivity contribution in [1.82, 2.24) is 10.1 Å². The normalized spacial score (nSPS) is 28.8. The predicted octanol–water partition coefficient (Wildman–Crippen LogP) is 1.19. The highest BCUT2D eigenvalue weighted by molar-refractivity contribution is 5.44. The number of hydrogen-bond donors (Lipinski definition) is 1. The quantitative estimate of drug-likeness (QED) is 0.653. The Morgan fingerprint density at radius 3 is 2.92 bits per heavy atom. The van der Waals surface area contributed by atoms with E-state index in [1.807, 2.05) is 0 Å². The van der Waals surface area contributed by atoms with Crippen LogP contribution in [0, 0.1) is 0 Å². The third-order valence-electron chi connectivity index (χ3n) is 3.04. The topological polar surface area (TPSA) is 55.3 Å². The molecule has 2 unspecified atom stereocenters. The number of nitrogen functional groups attached to an aromatic ring is 1. The molecule has 4 nitrogen and oxygen atoms in total. The van der Waals surface area contributed by atoms with Gasteiger partial charge in [0.2, 0.25) is 0 Å². The van der Waals surface area contributed by atoms with Gasteiger partial charge in [-0.05, 0) is 20.9 Å². The van der Waals surface area contributed by atoms with Crippen molar-refractivity contribution in [2.24, 2.45) is 0 Å². The Bertz CT molecular complexity index is 321. The first-order chi connectivity index (χ1) is 6.11. The fourth-order valence-corrected chi connectivity index (χ4v) is 1.94. The Hall–Kier alpha value is -1.03. The summed E-state index contributed by atoms with van der Waals surface area (Å²) < 4.78 is 5.17. The number of fused-ring (bicyclic) bond motifs is 1. The molecule has 1 aromatic heterocycles. The monoisotopic (exact) mass is 181 g/mol. The minimum absolute atomic E-state index is 0.310. The zero-order valence-corrected chi connectivity index (χ0v) is 8.24. The largest absolute Gasteiger partial charge is 0.381 e. The van der Waals surface area contributed by atoms with Crippen LogP contribution in [0.5, 0.6) is 0 Å². The van der Waals surface area contributed by atoms with Gasteiger partial charge >= 0.3 is 0 Å². The van der Waals surface area contributed by atoms with Gasteiger partial charge in [-0.3, -0.25) is 4.90 Å². The number of likely N-dealkylation sites (N-methyl/N-ethyl adjacent to an activating group) is 1. The van der Waals surface area contributed by atoms with E-state index in [-0.39, 0.29) is 0 Å². The maximum atomic E-state index is 5.73. The van der Waals surface area contributed by atoms with Gasteiger partial charge < -0.3 is 10.3 Å². The average molecular weight is 181 g/mol. The van der Waals surface area contributed by atoms with Gasteiger partial charge in [0.25, 0.3) is 0 Å². The minimum atomic E-state index is 0.310. The first-order valence-electron chi connectivity index (χ1n) is 4.57. The lowest BCUT2D eigenvalue weighted by Crippen LogP contribution is -2.37. The van der Waals surface area contributed by atoms with Crippen LogP contribution < -0.4 is 5.73 Å². The molecule has 0 fully saturated rings. The molecule has 0 spiro atoms.